The fraction of sp³-hybridized carbons (Fsp3) is 0.273. The van der Waals surface area contributed by atoms with E-state index in [2.05, 4.69) is 15.5 Å². The number of carbonyl (C=O) groups excluding carboxylic acids is 2. The normalized spacial score (nSPS) is 20.8. The highest BCUT2D eigenvalue weighted by Gasteiger charge is 2.41. The van der Waals surface area contributed by atoms with E-state index in [-0.39, 0.29) is 18.2 Å². The summed E-state index contributed by atoms with van der Waals surface area (Å²) in [6.07, 6.45) is 0.665. The van der Waals surface area contributed by atoms with Crippen molar-refractivity contribution in [2.75, 3.05) is 0 Å². The zero-order valence-electron chi connectivity index (χ0n) is 16.1. The van der Waals surface area contributed by atoms with E-state index in [1.807, 2.05) is 30.3 Å². The summed E-state index contributed by atoms with van der Waals surface area (Å²) in [5, 5.41) is 6.93. The van der Waals surface area contributed by atoms with Crippen LogP contribution < -0.4 is 11.1 Å². The highest BCUT2D eigenvalue weighted by Crippen LogP contribution is 2.38. The Balaban J connectivity index is 1.52. The van der Waals surface area contributed by atoms with Gasteiger partial charge >= 0.3 is 0 Å². The SMILES string of the molecule is NC(=O)[C@H]1C[C@H](NC(=O)Cc2ccccc2F)[C@H](c2nc(-c3ccccc3)no2)C1. The van der Waals surface area contributed by atoms with Gasteiger partial charge in [0.05, 0.1) is 12.3 Å². The molecule has 1 saturated carbocycles. The Morgan fingerprint density at radius 1 is 1.10 bits per heavy atom. The number of rotatable bonds is 6. The summed E-state index contributed by atoms with van der Waals surface area (Å²) < 4.78 is 19.3. The second kappa shape index (κ2) is 8.44. The maximum Gasteiger partial charge on any atom is 0.232 e. The first-order valence-electron chi connectivity index (χ1n) is 9.72. The summed E-state index contributed by atoms with van der Waals surface area (Å²) >= 11 is 0. The molecule has 7 nitrogen and oxygen atoms in total. The Kier molecular flexibility index (Phi) is 5.56. The average Bonchev–Trinajstić information content (AvgIpc) is 3.38. The van der Waals surface area contributed by atoms with Crippen molar-refractivity contribution >= 4 is 11.8 Å². The molecule has 2 amide bonds. The Hall–Kier alpha value is -3.55. The fourth-order valence-corrected chi connectivity index (χ4v) is 3.87. The number of amides is 2. The van der Waals surface area contributed by atoms with Crippen molar-refractivity contribution in [3.8, 4) is 11.4 Å². The van der Waals surface area contributed by atoms with Crippen molar-refractivity contribution in [2.24, 2.45) is 11.7 Å². The summed E-state index contributed by atoms with van der Waals surface area (Å²) in [6.45, 7) is 0. The van der Waals surface area contributed by atoms with Gasteiger partial charge in [-0.1, -0.05) is 53.7 Å². The minimum absolute atomic E-state index is 0.101. The Morgan fingerprint density at radius 2 is 1.83 bits per heavy atom. The third kappa shape index (κ3) is 4.22. The topological polar surface area (TPSA) is 111 Å². The first kappa shape index (κ1) is 19.8. The molecule has 3 aromatic rings. The summed E-state index contributed by atoms with van der Waals surface area (Å²) in [4.78, 5) is 28.8. The van der Waals surface area contributed by atoms with Gasteiger partial charge in [0.2, 0.25) is 23.5 Å². The van der Waals surface area contributed by atoms with Crippen LogP contribution >= 0.6 is 0 Å². The fourth-order valence-electron chi connectivity index (χ4n) is 3.87. The molecule has 1 fully saturated rings. The zero-order valence-corrected chi connectivity index (χ0v) is 16.1. The van der Waals surface area contributed by atoms with E-state index in [1.165, 1.54) is 6.07 Å². The lowest BCUT2D eigenvalue weighted by atomic mass is 10.0. The van der Waals surface area contributed by atoms with Crippen LogP contribution in [0.4, 0.5) is 4.39 Å². The zero-order chi connectivity index (χ0) is 21.1. The van der Waals surface area contributed by atoms with Crippen molar-refractivity contribution in [3.63, 3.8) is 0 Å². The van der Waals surface area contributed by atoms with Gasteiger partial charge in [-0.2, -0.15) is 4.98 Å². The molecule has 30 heavy (non-hydrogen) atoms. The van der Waals surface area contributed by atoms with Crippen LogP contribution in [-0.4, -0.2) is 28.0 Å². The van der Waals surface area contributed by atoms with Crippen molar-refractivity contribution in [3.05, 3.63) is 71.9 Å². The van der Waals surface area contributed by atoms with Gasteiger partial charge in [-0.05, 0) is 24.5 Å². The molecule has 2 aromatic carbocycles. The summed E-state index contributed by atoms with van der Waals surface area (Å²) in [5.74, 6) is -1.21. The van der Waals surface area contributed by atoms with Gasteiger partial charge in [0, 0.05) is 17.5 Å². The minimum atomic E-state index is -0.436. The molecule has 3 N–H and O–H groups in total. The molecule has 0 bridgehead atoms. The number of primary amides is 1. The first-order valence-corrected chi connectivity index (χ1v) is 9.72. The molecule has 1 aliphatic carbocycles. The summed E-state index contributed by atoms with van der Waals surface area (Å²) in [5.41, 5.74) is 6.61. The molecule has 1 heterocycles. The van der Waals surface area contributed by atoms with Crippen LogP contribution in [0.3, 0.4) is 0 Å². The number of halogens is 1. The number of nitrogens with two attached hydrogens (primary N) is 1. The van der Waals surface area contributed by atoms with E-state index in [1.54, 1.807) is 18.2 Å². The minimum Gasteiger partial charge on any atom is -0.369 e. The second-order valence-electron chi connectivity index (χ2n) is 7.44. The molecule has 0 aliphatic heterocycles. The lowest BCUT2D eigenvalue weighted by Crippen LogP contribution is -2.38. The lowest BCUT2D eigenvalue weighted by Gasteiger charge is -2.18. The number of aromatic nitrogens is 2. The summed E-state index contributed by atoms with van der Waals surface area (Å²) in [6, 6.07) is 15.1. The largest absolute Gasteiger partial charge is 0.369 e. The van der Waals surface area contributed by atoms with Crippen LogP contribution in [0.25, 0.3) is 11.4 Å². The van der Waals surface area contributed by atoms with Gasteiger partial charge in [0.1, 0.15) is 5.82 Å². The summed E-state index contributed by atoms with van der Waals surface area (Å²) in [7, 11) is 0. The van der Waals surface area contributed by atoms with Crippen LogP contribution in [-0.2, 0) is 16.0 Å². The van der Waals surface area contributed by atoms with Crippen molar-refractivity contribution in [1.29, 1.82) is 0 Å². The van der Waals surface area contributed by atoms with Gasteiger partial charge in [-0.3, -0.25) is 9.59 Å². The molecule has 154 valence electrons. The van der Waals surface area contributed by atoms with Crippen LogP contribution in [0, 0.1) is 11.7 Å². The van der Waals surface area contributed by atoms with Gasteiger partial charge in [-0.15, -0.1) is 0 Å². The predicted octanol–water partition coefficient (Wildman–Crippen LogP) is 2.58. The van der Waals surface area contributed by atoms with E-state index in [0.29, 0.717) is 30.1 Å². The maximum absolute atomic E-state index is 13.9. The molecular weight excluding hydrogens is 387 g/mol. The van der Waals surface area contributed by atoms with Gasteiger partial charge < -0.3 is 15.6 Å². The van der Waals surface area contributed by atoms with E-state index in [4.69, 9.17) is 10.3 Å². The van der Waals surface area contributed by atoms with Gasteiger partial charge in [0.25, 0.3) is 0 Å². The van der Waals surface area contributed by atoms with Crippen molar-refractivity contribution in [2.45, 2.75) is 31.2 Å². The van der Waals surface area contributed by atoms with E-state index in [0.717, 1.165) is 5.56 Å². The molecule has 0 saturated heterocycles. The standard InChI is InChI=1S/C22H21FN4O3/c23-17-9-5-4-8-14(17)12-19(28)25-18-11-15(20(24)29)10-16(18)22-26-21(27-30-22)13-6-2-1-3-7-13/h1-9,15-16,18H,10-12H2,(H2,24,29)(H,25,28)/t15-,16-,18+/m1/s1. The Bertz CT molecular complexity index is 1050. The molecule has 3 atom stereocenters. The molecule has 1 aliphatic rings. The number of nitrogens with one attached hydrogen (secondary N) is 1. The number of carbonyl (C=O) groups is 2. The van der Waals surface area contributed by atoms with E-state index in [9.17, 15) is 14.0 Å². The molecule has 0 spiro atoms. The van der Waals surface area contributed by atoms with Crippen molar-refractivity contribution < 1.29 is 18.5 Å². The molecule has 1 aromatic heterocycles. The second-order valence-corrected chi connectivity index (χ2v) is 7.44. The molecule has 0 unspecified atom stereocenters. The lowest BCUT2D eigenvalue weighted by molar-refractivity contribution is -0.123. The molecular formula is C22H21FN4O3. The highest BCUT2D eigenvalue weighted by atomic mass is 19.1. The first-order chi connectivity index (χ1) is 14.5. The van der Waals surface area contributed by atoms with Crippen LogP contribution in [0.15, 0.2) is 59.1 Å². The smallest absolute Gasteiger partial charge is 0.232 e. The number of benzene rings is 2. The highest BCUT2D eigenvalue weighted by molar-refractivity contribution is 5.80. The third-order valence-corrected chi connectivity index (χ3v) is 5.41. The van der Waals surface area contributed by atoms with E-state index < -0.39 is 23.7 Å². The molecule has 8 heteroatoms. The third-order valence-electron chi connectivity index (χ3n) is 5.41. The van der Waals surface area contributed by atoms with Crippen LogP contribution in [0.2, 0.25) is 0 Å². The van der Waals surface area contributed by atoms with Gasteiger partial charge in [0.15, 0.2) is 0 Å². The Morgan fingerprint density at radius 3 is 2.57 bits per heavy atom. The van der Waals surface area contributed by atoms with E-state index >= 15 is 0 Å². The monoisotopic (exact) mass is 408 g/mol. The van der Waals surface area contributed by atoms with Gasteiger partial charge in [-0.25, -0.2) is 4.39 Å². The number of hydrogen-bond acceptors (Lipinski definition) is 5. The van der Waals surface area contributed by atoms with Crippen LogP contribution in [0.5, 0.6) is 0 Å². The molecule has 0 radical (unpaired) electrons. The Labute approximate surface area is 172 Å². The van der Waals surface area contributed by atoms with Crippen molar-refractivity contribution in [1.82, 2.24) is 15.5 Å². The molecule has 4 rings (SSSR count). The number of nitrogens with zero attached hydrogens (tertiary/aromatic N) is 2. The average molecular weight is 408 g/mol. The maximum atomic E-state index is 13.9. The predicted molar refractivity (Wildman–Crippen MR) is 106 cm³/mol. The van der Waals surface area contributed by atoms with Crippen LogP contribution in [0.1, 0.15) is 30.2 Å². The quantitative estimate of drug-likeness (QED) is 0.651. The number of hydrogen-bond donors (Lipinski definition) is 2.